The standard InChI is InChI=1S/C22H22N4O5/c1-15-6-2-3-7-17(15)21-23-20(31-24-21)14-30-22(27)16-10-12-25(13-11-16)18-8-4-5-9-19(18)26(28)29/h2-9,16H,10-14H2,1H3. The second-order valence-electron chi connectivity index (χ2n) is 7.44. The van der Waals surface area contributed by atoms with E-state index in [1.807, 2.05) is 36.1 Å². The highest BCUT2D eigenvalue weighted by atomic mass is 16.6. The molecule has 3 aromatic rings. The number of aromatic nitrogens is 2. The Kier molecular flexibility index (Phi) is 5.92. The van der Waals surface area contributed by atoms with E-state index in [4.69, 9.17) is 9.26 Å². The number of esters is 1. The average molecular weight is 422 g/mol. The van der Waals surface area contributed by atoms with Crippen molar-refractivity contribution in [1.29, 1.82) is 0 Å². The van der Waals surface area contributed by atoms with Crippen molar-refractivity contribution in [2.24, 2.45) is 5.92 Å². The van der Waals surface area contributed by atoms with E-state index >= 15 is 0 Å². The number of nitro groups is 1. The summed E-state index contributed by atoms with van der Waals surface area (Å²) in [6.45, 7) is 2.97. The molecule has 1 aliphatic rings. The van der Waals surface area contributed by atoms with Crippen LogP contribution in [0.15, 0.2) is 53.1 Å². The van der Waals surface area contributed by atoms with Gasteiger partial charge in [-0.05, 0) is 31.4 Å². The molecule has 0 N–H and O–H groups in total. The van der Waals surface area contributed by atoms with Gasteiger partial charge in [0.1, 0.15) is 5.69 Å². The molecule has 9 nitrogen and oxygen atoms in total. The van der Waals surface area contributed by atoms with Crippen LogP contribution in [0, 0.1) is 23.0 Å². The fourth-order valence-electron chi connectivity index (χ4n) is 3.74. The highest BCUT2D eigenvalue weighted by Gasteiger charge is 2.29. The van der Waals surface area contributed by atoms with Gasteiger partial charge >= 0.3 is 5.97 Å². The van der Waals surface area contributed by atoms with Gasteiger partial charge in [-0.15, -0.1) is 0 Å². The molecule has 160 valence electrons. The average Bonchev–Trinajstić information content (AvgIpc) is 3.26. The zero-order valence-electron chi connectivity index (χ0n) is 17.1. The SMILES string of the molecule is Cc1ccccc1-c1noc(COC(=O)C2CCN(c3ccccc3[N+](=O)[O-])CC2)n1. The third kappa shape index (κ3) is 4.55. The summed E-state index contributed by atoms with van der Waals surface area (Å²) in [5.41, 5.74) is 2.54. The van der Waals surface area contributed by atoms with Crippen LogP contribution < -0.4 is 4.90 Å². The van der Waals surface area contributed by atoms with Crippen molar-refractivity contribution in [3.8, 4) is 11.4 Å². The number of aryl methyl sites for hydroxylation is 1. The Morgan fingerprint density at radius 3 is 2.65 bits per heavy atom. The van der Waals surface area contributed by atoms with Crippen LogP contribution in [0.25, 0.3) is 11.4 Å². The summed E-state index contributed by atoms with van der Waals surface area (Å²) in [7, 11) is 0. The lowest BCUT2D eigenvalue weighted by Gasteiger charge is -2.32. The highest BCUT2D eigenvalue weighted by molar-refractivity contribution is 5.73. The van der Waals surface area contributed by atoms with E-state index in [1.165, 1.54) is 6.07 Å². The first kappa shape index (κ1) is 20.5. The number of carbonyl (C=O) groups is 1. The zero-order valence-corrected chi connectivity index (χ0v) is 17.1. The molecule has 0 aliphatic carbocycles. The first-order valence-electron chi connectivity index (χ1n) is 10.1. The molecular formula is C22H22N4O5. The third-order valence-electron chi connectivity index (χ3n) is 5.44. The quantitative estimate of drug-likeness (QED) is 0.334. The van der Waals surface area contributed by atoms with Crippen LogP contribution >= 0.6 is 0 Å². The molecule has 0 atom stereocenters. The van der Waals surface area contributed by atoms with Crippen LogP contribution in [0.1, 0.15) is 24.3 Å². The Hall–Kier alpha value is -3.75. The van der Waals surface area contributed by atoms with Crippen molar-refractivity contribution in [3.05, 3.63) is 70.1 Å². The first-order chi connectivity index (χ1) is 15.0. The van der Waals surface area contributed by atoms with E-state index in [2.05, 4.69) is 10.1 Å². The lowest BCUT2D eigenvalue weighted by atomic mass is 9.96. The van der Waals surface area contributed by atoms with E-state index in [9.17, 15) is 14.9 Å². The smallest absolute Gasteiger partial charge is 0.309 e. The maximum Gasteiger partial charge on any atom is 0.309 e. The Bertz CT molecular complexity index is 1090. The summed E-state index contributed by atoms with van der Waals surface area (Å²) >= 11 is 0. The number of para-hydroxylation sites is 2. The first-order valence-corrected chi connectivity index (χ1v) is 10.1. The zero-order chi connectivity index (χ0) is 21.8. The Morgan fingerprint density at radius 1 is 1.19 bits per heavy atom. The lowest BCUT2D eigenvalue weighted by Crippen LogP contribution is -2.37. The van der Waals surface area contributed by atoms with Crippen molar-refractivity contribution < 1.29 is 19.0 Å². The highest BCUT2D eigenvalue weighted by Crippen LogP contribution is 2.31. The topological polar surface area (TPSA) is 112 Å². The molecule has 0 radical (unpaired) electrons. The summed E-state index contributed by atoms with van der Waals surface area (Å²) in [6, 6.07) is 14.3. The molecule has 2 heterocycles. The van der Waals surface area contributed by atoms with Crippen LogP contribution in [-0.4, -0.2) is 34.1 Å². The molecule has 0 bridgehead atoms. The lowest BCUT2D eigenvalue weighted by molar-refractivity contribution is -0.384. The minimum atomic E-state index is -0.384. The number of carbonyl (C=O) groups excluding carboxylic acids is 1. The molecule has 0 saturated carbocycles. The molecule has 1 aliphatic heterocycles. The number of rotatable bonds is 6. The Morgan fingerprint density at radius 2 is 1.90 bits per heavy atom. The summed E-state index contributed by atoms with van der Waals surface area (Å²) in [6.07, 6.45) is 1.12. The molecule has 2 aromatic carbocycles. The van der Waals surface area contributed by atoms with Crippen LogP contribution in [0.2, 0.25) is 0 Å². The Labute approximate surface area is 178 Å². The molecule has 0 spiro atoms. The largest absolute Gasteiger partial charge is 0.455 e. The predicted molar refractivity (Wildman–Crippen MR) is 112 cm³/mol. The molecule has 1 aromatic heterocycles. The van der Waals surface area contributed by atoms with Gasteiger partial charge in [0, 0.05) is 24.7 Å². The van der Waals surface area contributed by atoms with E-state index in [0.717, 1.165) is 11.1 Å². The third-order valence-corrected chi connectivity index (χ3v) is 5.44. The number of nitrogens with zero attached hydrogens (tertiary/aromatic N) is 4. The predicted octanol–water partition coefficient (Wildman–Crippen LogP) is 3.91. The molecule has 0 amide bonds. The minimum Gasteiger partial charge on any atom is -0.455 e. The summed E-state index contributed by atoms with van der Waals surface area (Å²) in [4.78, 5) is 29.6. The van der Waals surface area contributed by atoms with E-state index < -0.39 is 0 Å². The molecule has 1 fully saturated rings. The number of benzene rings is 2. The molecule has 1 saturated heterocycles. The van der Waals surface area contributed by atoms with Crippen molar-refractivity contribution in [1.82, 2.24) is 10.1 Å². The summed E-state index contributed by atoms with van der Waals surface area (Å²) < 4.78 is 10.6. The van der Waals surface area contributed by atoms with Gasteiger partial charge in [-0.1, -0.05) is 41.6 Å². The van der Waals surface area contributed by atoms with Gasteiger partial charge in [-0.3, -0.25) is 14.9 Å². The van der Waals surface area contributed by atoms with E-state index in [1.54, 1.807) is 18.2 Å². The normalized spacial score (nSPS) is 14.4. The Balaban J connectivity index is 1.31. The van der Waals surface area contributed by atoms with Crippen molar-refractivity contribution in [2.75, 3.05) is 18.0 Å². The van der Waals surface area contributed by atoms with Gasteiger partial charge in [0.25, 0.3) is 11.6 Å². The van der Waals surface area contributed by atoms with Gasteiger partial charge in [-0.2, -0.15) is 4.98 Å². The van der Waals surface area contributed by atoms with E-state index in [0.29, 0.717) is 37.4 Å². The number of ether oxygens (including phenoxy) is 1. The van der Waals surface area contributed by atoms with Gasteiger partial charge in [-0.25, -0.2) is 0 Å². The number of piperidine rings is 1. The van der Waals surface area contributed by atoms with Gasteiger partial charge < -0.3 is 14.2 Å². The minimum absolute atomic E-state index is 0.0735. The van der Waals surface area contributed by atoms with Crippen molar-refractivity contribution in [3.63, 3.8) is 0 Å². The van der Waals surface area contributed by atoms with Crippen molar-refractivity contribution in [2.45, 2.75) is 26.4 Å². The number of hydrogen-bond donors (Lipinski definition) is 0. The second-order valence-corrected chi connectivity index (χ2v) is 7.44. The summed E-state index contributed by atoms with van der Waals surface area (Å²) in [5, 5.41) is 15.2. The molecule has 9 heteroatoms. The van der Waals surface area contributed by atoms with Gasteiger partial charge in [0.2, 0.25) is 5.82 Å². The van der Waals surface area contributed by atoms with Crippen LogP contribution in [0.4, 0.5) is 11.4 Å². The number of hydrogen-bond acceptors (Lipinski definition) is 8. The second kappa shape index (κ2) is 8.95. The van der Waals surface area contributed by atoms with Gasteiger partial charge in [0.05, 0.1) is 10.8 Å². The number of nitro benzene ring substituents is 1. The monoisotopic (exact) mass is 422 g/mol. The maximum atomic E-state index is 12.5. The van der Waals surface area contributed by atoms with E-state index in [-0.39, 0.29) is 35.0 Å². The van der Waals surface area contributed by atoms with Crippen LogP contribution in [0.5, 0.6) is 0 Å². The molecule has 0 unspecified atom stereocenters. The molecule has 31 heavy (non-hydrogen) atoms. The maximum absolute atomic E-state index is 12.5. The number of anilines is 1. The molecular weight excluding hydrogens is 400 g/mol. The fourth-order valence-corrected chi connectivity index (χ4v) is 3.74. The van der Waals surface area contributed by atoms with Crippen molar-refractivity contribution >= 4 is 17.3 Å². The summed E-state index contributed by atoms with van der Waals surface area (Å²) in [5.74, 6) is 0.112. The van der Waals surface area contributed by atoms with Crippen LogP contribution in [-0.2, 0) is 16.1 Å². The fraction of sp³-hybridized carbons (Fsp3) is 0.318. The van der Waals surface area contributed by atoms with Crippen LogP contribution in [0.3, 0.4) is 0 Å². The van der Waals surface area contributed by atoms with Gasteiger partial charge in [0.15, 0.2) is 6.61 Å². The molecule has 4 rings (SSSR count).